The summed E-state index contributed by atoms with van der Waals surface area (Å²) in [6.07, 6.45) is 0. The molecule has 0 fully saturated rings. The van der Waals surface area contributed by atoms with Crippen LogP contribution in [0.3, 0.4) is 0 Å². The lowest BCUT2D eigenvalue weighted by molar-refractivity contribution is -0.143. The number of carbonyl (C=O) groups is 2. The molecule has 0 atom stereocenters. The van der Waals surface area contributed by atoms with E-state index in [4.69, 9.17) is 16.3 Å². The van der Waals surface area contributed by atoms with Crippen molar-refractivity contribution in [2.45, 2.75) is 20.5 Å². The van der Waals surface area contributed by atoms with Crippen molar-refractivity contribution in [1.29, 1.82) is 0 Å². The van der Waals surface area contributed by atoms with Crippen LogP contribution in [0.2, 0.25) is 5.15 Å². The Morgan fingerprint density at radius 3 is 2.67 bits per heavy atom. The highest BCUT2D eigenvalue weighted by Gasteiger charge is 2.12. The normalized spacial score (nSPS) is 10.6. The Kier molecular flexibility index (Phi) is 5.72. The number of fused-ring (bicyclic) bond motifs is 1. The number of aryl methyl sites for hydroxylation is 2. The average molecular weight is 383 g/mol. The molecule has 0 spiro atoms. The van der Waals surface area contributed by atoms with E-state index >= 15 is 0 Å². The maximum atomic E-state index is 12.1. The number of nitrogens with zero attached hydrogens (tertiary/aromatic N) is 1. The fourth-order valence-electron chi connectivity index (χ4n) is 2.68. The van der Waals surface area contributed by atoms with Gasteiger partial charge in [-0.25, -0.2) is 4.98 Å². The summed E-state index contributed by atoms with van der Waals surface area (Å²) in [5.74, 6) is -0.858. The van der Waals surface area contributed by atoms with Gasteiger partial charge in [0, 0.05) is 16.5 Å². The molecule has 138 valence electrons. The van der Waals surface area contributed by atoms with Crippen molar-refractivity contribution in [1.82, 2.24) is 10.3 Å². The molecule has 1 heterocycles. The smallest absolute Gasteiger partial charge is 0.325 e. The number of rotatable bonds is 5. The second kappa shape index (κ2) is 8.18. The molecule has 0 saturated carbocycles. The maximum Gasteiger partial charge on any atom is 0.325 e. The van der Waals surface area contributed by atoms with Crippen LogP contribution in [0.15, 0.2) is 48.5 Å². The van der Waals surface area contributed by atoms with E-state index in [-0.39, 0.29) is 19.1 Å². The van der Waals surface area contributed by atoms with E-state index in [2.05, 4.69) is 10.3 Å². The molecule has 0 radical (unpaired) electrons. The van der Waals surface area contributed by atoms with Crippen LogP contribution in [0.4, 0.5) is 0 Å². The van der Waals surface area contributed by atoms with Gasteiger partial charge in [-0.3, -0.25) is 9.59 Å². The summed E-state index contributed by atoms with van der Waals surface area (Å²) in [7, 11) is 0. The number of hydrogen-bond acceptors (Lipinski definition) is 4. The molecule has 6 heteroatoms. The summed E-state index contributed by atoms with van der Waals surface area (Å²) < 4.78 is 5.22. The average Bonchev–Trinajstić information content (AvgIpc) is 2.64. The first-order valence-corrected chi connectivity index (χ1v) is 8.87. The molecule has 0 bridgehead atoms. The minimum Gasteiger partial charge on any atom is -0.459 e. The van der Waals surface area contributed by atoms with Gasteiger partial charge >= 0.3 is 5.97 Å². The lowest BCUT2D eigenvalue weighted by Gasteiger charge is -2.10. The van der Waals surface area contributed by atoms with Crippen molar-refractivity contribution < 1.29 is 14.3 Å². The number of hydrogen-bond donors (Lipinski definition) is 1. The lowest BCUT2D eigenvalue weighted by atomic mass is 10.1. The third kappa shape index (κ3) is 4.63. The van der Waals surface area contributed by atoms with Gasteiger partial charge in [0.05, 0.1) is 5.52 Å². The van der Waals surface area contributed by atoms with Gasteiger partial charge in [0.25, 0.3) is 5.91 Å². The molecule has 1 amide bonds. The van der Waals surface area contributed by atoms with Crippen LogP contribution in [0.25, 0.3) is 10.9 Å². The second-order valence-corrected chi connectivity index (χ2v) is 6.65. The van der Waals surface area contributed by atoms with Gasteiger partial charge in [0.2, 0.25) is 0 Å². The van der Waals surface area contributed by atoms with E-state index in [0.29, 0.717) is 16.3 Å². The van der Waals surface area contributed by atoms with Crippen molar-refractivity contribution in [3.05, 3.63) is 75.9 Å². The highest BCUT2D eigenvalue weighted by atomic mass is 35.5. The summed E-state index contributed by atoms with van der Waals surface area (Å²) >= 11 is 6.19. The van der Waals surface area contributed by atoms with E-state index in [1.54, 1.807) is 12.1 Å². The van der Waals surface area contributed by atoms with E-state index in [1.807, 2.05) is 50.2 Å². The van der Waals surface area contributed by atoms with Gasteiger partial charge < -0.3 is 10.1 Å². The summed E-state index contributed by atoms with van der Waals surface area (Å²) in [4.78, 5) is 28.4. The topological polar surface area (TPSA) is 68.3 Å². The SMILES string of the molecule is Cc1ccc2cc(COC(=O)CNC(=O)c3ccccc3C)c(Cl)nc2c1. The van der Waals surface area contributed by atoms with Crippen LogP contribution >= 0.6 is 11.6 Å². The molecule has 27 heavy (non-hydrogen) atoms. The summed E-state index contributed by atoms with van der Waals surface area (Å²) in [5, 5.41) is 3.78. The van der Waals surface area contributed by atoms with Crippen LogP contribution in [0, 0.1) is 13.8 Å². The second-order valence-electron chi connectivity index (χ2n) is 6.29. The predicted molar refractivity (Wildman–Crippen MR) is 105 cm³/mol. The van der Waals surface area contributed by atoms with Crippen molar-refractivity contribution in [3.8, 4) is 0 Å². The number of amides is 1. The molecule has 1 N–H and O–H groups in total. The Morgan fingerprint density at radius 1 is 1.11 bits per heavy atom. The number of nitrogens with one attached hydrogen (secondary N) is 1. The van der Waals surface area contributed by atoms with E-state index in [0.717, 1.165) is 22.0 Å². The third-order valence-electron chi connectivity index (χ3n) is 4.17. The van der Waals surface area contributed by atoms with E-state index < -0.39 is 5.97 Å². The van der Waals surface area contributed by atoms with Crippen LogP contribution in [-0.4, -0.2) is 23.4 Å². The zero-order chi connectivity index (χ0) is 19.4. The Labute approximate surface area is 162 Å². The molecule has 0 aliphatic rings. The number of halogens is 1. The van der Waals surface area contributed by atoms with Crippen molar-refractivity contribution in [3.63, 3.8) is 0 Å². The molecular formula is C21H19ClN2O3. The zero-order valence-corrected chi connectivity index (χ0v) is 15.8. The van der Waals surface area contributed by atoms with Gasteiger partial charge in [-0.2, -0.15) is 0 Å². The van der Waals surface area contributed by atoms with Crippen LogP contribution in [-0.2, 0) is 16.1 Å². The molecule has 1 aromatic heterocycles. The maximum absolute atomic E-state index is 12.1. The Morgan fingerprint density at radius 2 is 1.89 bits per heavy atom. The molecule has 0 unspecified atom stereocenters. The van der Waals surface area contributed by atoms with Gasteiger partial charge in [-0.05, 0) is 43.2 Å². The van der Waals surface area contributed by atoms with Gasteiger partial charge in [0.15, 0.2) is 0 Å². The fraction of sp³-hybridized carbons (Fsp3) is 0.190. The van der Waals surface area contributed by atoms with E-state index in [1.165, 1.54) is 0 Å². The predicted octanol–water partition coefficient (Wildman–Crippen LogP) is 3.98. The summed E-state index contributed by atoms with van der Waals surface area (Å²) in [6.45, 7) is 3.60. The van der Waals surface area contributed by atoms with E-state index in [9.17, 15) is 9.59 Å². The Bertz CT molecular complexity index is 1020. The first-order chi connectivity index (χ1) is 12.9. The number of ether oxygens (including phenoxy) is 1. The standard InChI is InChI=1S/C21H19ClN2O3/c1-13-7-8-15-10-16(20(22)24-18(15)9-13)12-27-19(25)11-23-21(26)17-6-4-3-5-14(17)2/h3-10H,11-12H2,1-2H3,(H,23,26). The number of benzene rings is 2. The lowest BCUT2D eigenvalue weighted by Crippen LogP contribution is -2.31. The molecule has 0 saturated heterocycles. The van der Waals surface area contributed by atoms with Gasteiger partial charge in [-0.1, -0.05) is 41.9 Å². The highest BCUT2D eigenvalue weighted by molar-refractivity contribution is 6.30. The van der Waals surface area contributed by atoms with Crippen LogP contribution in [0.1, 0.15) is 27.0 Å². The van der Waals surface area contributed by atoms with Crippen LogP contribution < -0.4 is 5.32 Å². The zero-order valence-electron chi connectivity index (χ0n) is 15.1. The number of carbonyl (C=O) groups excluding carboxylic acids is 2. The molecular weight excluding hydrogens is 364 g/mol. The monoisotopic (exact) mass is 382 g/mol. The molecule has 3 aromatic rings. The van der Waals surface area contributed by atoms with Crippen molar-refractivity contribution in [2.24, 2.45) is 0 Å². The number of pyridine rings is 1. The van der Waals surface area contributed by atoms with Crippen LogP contribution in [0.5, 0.6) is 0 Å². The Hall–Kier alpha value is -2.92. The first kappa shape index (κ1) is 18.9. The summed E-state index contributed by atoms with van der Waals surface area (Å²) in [5.41, 5.74) is 3.87. The number of aromatic nitrogens is 1. The minimum absolute atomic E-state index is 0.00524. The molecule has 2 aromatic carbocycles. The van der Waals surface area contributed by atoms with Crippen molar-refractivity contribution in [2.75, 3.05) is 6.54 Å². The third-order valence-corrected chi connectivity index (χ3v) is 4.50. The quantitative estimate of drug-likeness (QED) is 0.535. The largest absolute Gasteiger partial charge is 0.459 e. The highest BCUT2D eigenvalue weighted by Crippen LogP contribution is 2.22. The fourth-order valence-corrected chi connectivity index (χ4v) is 2.88. The Balaban J connectivity index is 1.58. The van der Waals surface area contributed by atoms with Gasteiger partial charge in [0.1, 0.15) is 18.3 Å². The minimum atomic E-state index is -0.544. The number of esters is 1. The summed E-state index contributed by atoms with van der Waals surface area (Å²) in [6, 6.07) is 14.9. The molecule has 0 aliphatic carbocycles. The van der Waals surface area contributed by atoms with Crippen molar-refractivity contribution >= 4 is 34.4 Å². The van der Waals surface area contributed by atoms with Gasteiger partial charge in [-0.15, -0.1) is 0 Å². The molecule has 3 rings (SSSR count). The first-order valence-electron chi connectivity index (χ1n) is 8.49. The molecule has 0 aliphatic heterocycles. The molecule has 5 nitrogen and oxygen atoms in total.